The van der Waals surface area contributed by atoms with Gasteiger partial charge in [0.15, 0.2) is 5.96 Å². The lowest BCUT2D eigenvalue weighted by atomic mass is 9.87. The molecule has 1 aromatic rings. The zero-order chi connectivity index (χ0) is 16.8. The van der Waals surface area contributed by atoms with E-state index in [0.717, 1.165) is 45.1 Å². The van der Waals surface area contributed by atoms with E-state index in [0.29, 0.717) is 24.2 Å². The van der Waals surface area contributed by atoms with Gasteiger partial charge in [0.2, 0.25) is 0 Å². The largest absolute Gasteiger partial charge is 0.381 e. The summed E-state index contributed by atoms with van der Waals surface area (Å²) in [6.07, 6.45) is 6.78. The zero-order valence-electron chi connectivity index (χ0n) is 14.0. The van der Waals surface area contributed by atoms with Gasteiger partial charge in [-0.1, -0.05) is 0 Å². The van der Waals surface area contributed by atoms with E-state index in [1.807, 2.05) is 0 Å². The number of aromatic nitrogens is 2. The summed E-state index contributed by atoms with van der Waals surface area (Å²) >= 11 is 0. The Bertz CT molecular complexity index is 585. The molecule has 0 saturated carbocycles. The van der Waals surface area contributed by atoms with Crippen LogP contribution in [0.2, 0.25) is 0 Å². The maximum Gasteiger partial charge on any atom is 0.271 e. The van der Waals surface area contributed by atoms with Crippen LogP contribution in [-0.4, -0.2) is 73.2 Å². The summed E-state index contributed by atoms with van der Waals surface area (Å²) < 4.78 is 5.57. The molecule has 2 aliphatic heterocycles. The molecule has 24 heavy (non-hydrogen) atoms. The highest BCUT2D eigenvalue weighted by Gasteiger charge is 2.42. The minimum Gasteiger partial charge on any atom is -0.381 e. The quantitative estimate of drug-likeness (QED) is 0.454. The van der Waals surface area contributed by atoms with Gasteiger partial charge >= 0.3 is 0 Å². The Morgan fingerprint density at radius 2 is 2.25 bits per heavy atom. The first-order valence-electron chi connectivity index (χ1n) is 8.30. The molecular weight excluding hydrogens is 308 g/mol. The number of likely N-dealkylation sites (tertiary alicyclic amines) is 1. The SMILES string of the molecule is CN=C(NCCNC(=O)c1cnccn1)N1CCC2(CCOC2)C1. The smallest absolute Gasteiger partial charge is 0.271 e. The second-order valence-electron chi connectivity index (χ2n) is 6.29. The van der Waals surface area contributed by atoms with Crippen LogP contribution in [0.1, 0.15) is 23.3 Å². The Balaban J connectivity index is 1.41. The Hall–Kier alpha value is -2.22. The number of carbonyl (C=O) groups is 1. The molecule has 0 aliphatic carbocycles. The summed E-state index contributed by atoms with van der Waals surface area (Å²) in [5, 5.41) is 6.13. The summed E-state index contributed by atoms with van der Waals surface area (Å²) in [6.45, 7) is 4.81. The molecule has 8 nitrogen and oxygen atoms in total. The summed E-state index contributed by atoms with van der Waals surface area (Å²) in [5.74, 6) is 0.663. The number of nitrogens with one attached hydrogen (secondary N) is 2. The predicted octanol–water partition coefficient (Wildman–Crippen LogP) is -0.106. The predicted molar refractivity (Wildman–Crippen MR) is 89.8 cm³/mol. The number of rotatable bonds is 4. The maximum absolute atomic E-state index is 11.9. The van der Waals surface area contributed by atoms with Gasteiger partial charge in [0.25, 0.3) is 5.91 Å². The fourth-order valence-corrected chi connectivity index (χ4v) is 3.28. The van der Waals surface area contributed by atoms with Crippen molar-refractivity contribution in [2.75, 3.05) is 46.4 Å². The van der Waals surface area contributed by atoms with Crippen molar-refractivity contribution in [2.24, 2.45) is 10.4 Å². The Labute approximate surface area is 141 Å². The second kappa shape index (κ2) is 7.57. The van der Waals surface area contributed by atoms with E-state index in [-0.39, 0.29) is 5.91 Å². The average molecular weight is 332 g/mol. The number of hydrogen-bond donors (Lipinski definition) is 2. The van der Waals surface area contributed by atoms with Gasteiger partial charge in [-0.3, -0.25) is 14.8 Å². The van der Waals surface area contributed by atoms with E-state index < -0.39 is 0 Å². The van der Waals surface area contributed by atoms with Crippen molar-refractivity contribution in [3.63, 3.8) is 0 Å². The number of hydrogen-bond acceptors (Lipinski definition) is 5. The molecule has 1 unspecified atom stereocenters. The first-order valence-corrected chi connectivity index (χ1v) is 8.30. The normalized spacial score (nSPS) is 23.7. The Kier molecular flexibility index (Phi) is 5.24. The van der Waals surface area contributed by atoms with E-state index in [1.165, 1.54) is 12.4 Å². The Morgan fingerprint density at radius 3 is 2.96 bits per heavy atom. The lowest BCUT2D eigenvalue weighted by Gasteiger charge is -2.25. The molecule has 1 aromatic heterocycles. The lowest BCUT2D eigenvalue weighted by molar-refractivity contribution is 0.0949. The van der Waals surface area contributed by atoms with Crippen LogP contribution in [0.5, 0.6) is 0 Å². The first-order chi connectivity index (χ1) is 11.7. The van der Waals surface area contributed by atoms with Crippen LogP contribution in [0.4, 0.5) is 0 Å². The number of nitrogens with zero attached hydrogens (tertiary/aromatic N) is 4. The monoisotopic (exact) mass is 332 g/mol. The van der Waals surface area contributed by atoms with Gasteiger partial charge < -0.3 is 20.3 Å². The van der Waals surface area contributed by atoms with Crippen LogP contribution < -0.4 is 10.6 Å². The molecule has 2 N–H and O–H groups in total. The fourth-order valence-electron chi connectivity index (χ4n) is 3.28. The van der Waals surface area contributed by atoms with Crippen molar-refractivity contribution in [3.8, 4) is 0 Å². The molecule has 2 saturated heterocycles. The van der Waals surface area contributed by atoms with E-state index in [9.17, 15) is 4.79 Å². The summed E-state index contributed by atoms with van der Waals surface area (Å²) in [4.78, 5) is 26.4. The third-order valence-electron chi connectivity index (χ3n) is 4.62. The number of ether oxygens (including phenoxy) is 1. The van der Waals surface area contributed by atoms with Crippen LogP contribution in [0, 0.1) is 5.41 Å². The molecule has 1 spiro atoms. The fraction of sp³-hybridized carbons (Fsp3) is 0.625. The first kappa shape index (κ1) is 16.6. The van der Waals surface area contributed by atoms with Crippen molar-refractivity contribution in [1.29, 1.82) is 0 Å². The molecule has 8 heteroatoms. The minimum atomic E-state index is -0.219. The molecule has 1 amide bonds. The van der Waals surface area contributed by atoms with Gasteiger partial charge in [-0.15, -0.1) is 0 Å². The van der Waals surface area contributed by atoms with Gasteiger partial charge in [-0.25, -0.2) is 4.98 Å². The van der Waals surface area contributed by atoms with Crippen molar-refractivity contribution < 1.29 is 9.53 Å². The molecule has 0 radical (unpaired) electrons. The van der Waals surface area contributed by atoms with Crippen LogP contribution in [-0.2, 0) is 4.74 Å². The molecule has 2 aliphatic rings. The standard InChI is InChI=1S/C16H24N6O2/c1-17-15(22-8-2-16(11-22)3-9-24-12-16)21-7-6-20-14(23)13-10-18-4-5-19-13/h4-5,10H,2-3,6-9,11-12H2,1H3,(H,17,21)(H,20,23). The van der Waals surface area contributed by atoms with Gasteiger partial charge in [0, 0.05) is 57.6 Å². The second-order valence-corrected chi connectivity index (χ2v) is 6.29. The molecule has 0 bridgehead atoms. The summed E-state index contributed by atoms with van der Waals surface area (Å²) in [6, 6.07) is 0. The highest BCUT2D eigenvalue weighted by Crippen LogP contribution is 2.38. The van der Waals surface area contributed by atoms with E-state index in [4.69, 9.17) is 4.74 Å². The number of amides is 1. The van der Waals surface area contributed by atoms with Gasteiger partial charge in [0.1, 0.15) is 5.69 Å². The van der Waals surface area contributed by atoms with Gasteiger partial charge in [-0.05, 0) is 12.8 Å². The number of guanidine groups is 1. The van der Waals surface area contributed by atoms with Gasteiger partial charge in [0.05, 0.1) is 12.8 Å². The summed E-state index contributed by atoms with van der Waals surface area (Å²) in [5.41, 5.74) is 0.627. The highest BCUT2D eigenvalue weighted by atomic mass is 16.5. The average Bonchev–Trinajstić information content (AvgIpc) is 3.26. The van der Waals surface area contributed by atoms with Crippen LogP contribution in [0.25, 0.3) is 0 Å². The molecule has 2 fully saturated rings. The van der Waals surface area contributed by atoms with Gasteiger partial charge in [-0.2, -0.15) is 0 Å². The third kappa shape index (κ3) is 3.81. The molecule has 0 aromatic carbocycles. The third-order valence-corrected chi connectivity index (χ3v) is 4.62. The maximum atomic E-state index is 11.9. The van der Waals surface area contributed by atoms with Crippen LogP contribution in [0.15, 0.2) is 23.6 Å². The van der Waals surface area contributed by atoms with Crippen molar-refractivity contribution in [2.45, 2.75) is 12.8 Å². The molecule has 3 heterocycles. The van der Waals surface area contributed by atoms with Crippen molar-refractivity contribution in [3.05, 3.63) is 24.3 Å². The van der Waals surface area contributed by atoms with Crippen molar-refractivity contribution in [1.82, 2.24) is 25.5 Å². The molecular formula is C16H24N6O2. The van der Waals surface area contributed by atoms with E-state index in [1.54, 1.807) is 13.2 Å². The van der Waals surface area contributed by atoms with Crippen molar-refractivity contribution >= 4 is 11.9 Å². The highest BCUT2D eigenvalue weighted by molar-refractivity contribution is 5.91. The topological polar surface area (TPSA) is 91.7 Å². The van der Waals surface area contributed by atoms with Crippen LogP contribution in [0.3, 0.4) is 0 Å². The minimum absolute atomic E-state index is 0.219. The molecule has 130 valence electrons. The zero-order valence-corrected chi connectivity index (χ0v) is 14.0. The van der Waals surface area contributed by atoms with Crippen LogP contribution >= 0.6 is 0 Å². The number of aliphatic imine (C=N–C) groups is 1. The molecule has 1 atom stereocenters. The van der Waals surface area contributed by atoms with E-state index in [2.05, 4.69) is 30.5 Å². The number of carbonyl (C=O) groups excluding carboxylic acids is 1. The Morgan fingerprint density at radius 1 is 1.38 bits per heavy atom. The molecule has 3 rings (SSSR count). The van der Waals surface area contributed by atoms with E-state index >= 15 is 0 Å². The lowest BCUT2D eigenvalue weighted by Crippen LogP contribution is -2.44. The summed E-state index contributed by atoms with van der Waals surface area (Å²) in [7, 11) is 1.79.